The van der Waals surface area contributed by atoms with Gasteiger partial charge in [-0.2, -0.15) is 4.31 Å². The van der Waals surface area contributed by atoms with Crippen molar-refractivity contribution in [3.05, 3.63) is 123 Å². The Balaban J connectivity index is 0.000000324. The predicted octanol–water partition coefficient (Wildman–Crippen LogP) is 4.82. The summed E-state index contributed by atoms with van der Waals surface area (Å²) in [5.74, 6) is 4.05. The summed E-state index contributed by atoms with van der Waals surface area (Å²) in [5.41, 5.74) is 3.55. The number of para-hydroxylation sites is 1. The van der Waals surface area contributed by atoms with Gasteiger partial charge in [0.05, 0.1) is 172 Å². The van der Waals surface area contributed by atoms with E-state index in [2.05, 4.69) is 58.7 Å². The van der Waals surface area contributed by atoms with Crippen LogP contribution in [-0.4, -0.2) is 258 Å². The molecule has 3 atom stereocenters. The number of rotatable bonds is 52. The van der Waals surface area contributed by atoms with Gasteiger partial charge in [-0.05, 0) is 102 Å². The lowest BCUT2D eigenvalue weighted by Crippen LogP contribution is -2.51. The zero-order valence-corrected chi connectivity index (χ0v) is 70.0. The quantitative estimate of drug-likeness (QED) is 0.0112. The number of likely N-dealkylation sites (N-methyl/N-ethyl adjacent to an activating group) is 1. The minimum Gasteiger partial charge on any atom is -0.457 e. The lowest BCUT2D eigenvalue weighted by molar-refractivity contribution is -0.175. The Morgan fingerprint density at radius 3 is 1.95 bits per heavy atom. The molecule has 640 valence electrons. The Morgan fingerprint density at radius 2 is 1.37 bits per heavy atom. The maximum atomic E-state index is 14.3. The molecule has 0 radical (unpaired) electrons. The van der Waals surface area contributed by atoms with E-state index in [4.69, 9.17) is 61.8 Å². The van der Waals surface area contributed by atoms with E-state index in [0.717, 1.165) is 22.1 Å². The van der Waals surface area contributed by atoms with Crippen molar-refractivity contribution in [2.45, 2.75) is 142 Å². The van der Waals surface area contributed by atoms with Crippen molar-refractivity contribution in [2.24, 2.45) is 5.92 Å². The van der Waals surface area contributed by atoms with Crippen molar-refractivity contribution in [2.75, 3.05) is 157 Å². The number of ether oxygens (including phenoxy) is 12. The summed E-state index contributed by atoms with van der Waals surface area (Å²) >= 11 is 1.48. The molecule has 117 heavy (non-hydrogen) atoms. The SMILES string of the molecule is CC[C@@]1(OC(=O)OCc2ccc(NC(=O)[C@H](C)NC(=O)[C@@H](NC)C(C)C)cc2)C(=O)OCc2c1cc1n(c2=O)Cc2c-1nc1ccccc1c2CCN(C(C)C)S(C)(=O)=O.CSc1ncc(C#CCCCC(=O)NCc2cn(CCOCCOCCOCCOCCOCCOCCOCCOCCNC(=O)COCC(C)=O)nn2)cn1. The van der Waals surface area contributed by atoms with Crippen LogP contribution in [-0.2, 0) is 141 Å². The zero-order chi connectivity index (χ0) is 84.5. The fourth-order valence-electron chi connectivity index (χ4n) is 12.2. The van der Waals surface area contributed by atoms with Crippen molar-refractivity contribution >= 4 is 79.9 Å². The van der Waals surface area contributed by atoms with E-state index in [0.29, 0.717) is 190 Å². The number of fused-ring (bicyclic) bond motifs is 5. The fraction of sp³-hybridized carbons (Fsp3) is 0.562. The Bertz CT molecular complexity index is 4430. The van der Waals surface area contributed by atoms with Crippen LogP contribution < -0.4 is 32.1 Å². The van der Waals surface area contributed by atoms with Crippen LogP contribution >= 0.6 is 11.8 Å². The molecule has 8 rings (SSSR count). The molecule has 2 aliphatic heterocycles. The van der Waals surface area contributed by atoms with Gasteiger partial charge in [-0.25, -0.2) is 37.6 Å². The van der Waals surface area contributed by atoms with Gasteiger partial charge < -0.3 is 88.0 Å². The number of nitrogens with one attached hydrogen (secondary N) is 5. The Labute approximate surface area is 686 Å². The molecule has 0 saturated heterocycles. The number of pyridine rings is 2. The lowest BCUT2D eigenvalue weighted by atomic mass is 9.85. The third-order valence-electron chi connectivity index (χ3n) is 18.1. The number of benzene rings is 2. The highest BCUT2D eigenvalue weighted by molar-refractivity contribution is 7.98. The lowest BCUT2D eigenvalue weighted by Gasteiger charge is -2.35. The van der Waals surface area contributed by atoms with E-state index in [1.807, 2.05) is 58.2 Å². The van der Waals surface area contributed by atoms with Crippen LogP contribution in [0.2, 0.25) is 0 Å². The number of hydrogen-bond donors (Lipinski definition) is 5. The molecular formula is C80H111N13O22S2. The molecular weight excluding hydrogens is 1560 g/mol. The van der Waals surface area contributed by atoms with E-state index >= 15 is 0 Å². The third-order valence-corrected chi connectivity index (χ3v) is 20.1. The summed E-state index contributed by atoms with van der Waals surface area (Å²) < 4.78 is 95.5. The molecule has 0 bridgehead atoms. The molecule has 6 heterocycles. The first-order valence-corrected chi connectivity index (χ1v) is 41.9. The monoisotopic (exact) mass is 1670 g/mol. The minimum absolute atomic E-state index is 0.0273. The van der Waals surface area contributed by atoms with Crippen LogP contribution in [0.1, 0.15) is 113 Å². The van der Waals surface area contributed by atoms with E-state index in [1.54, 1.807) is 79.1 Å². The number of aromatic nitrogens is 7. The van der Waals surface area contributed by atoms with Crippen LogP contribution in [0.4, 0.5) is 10.5 Å². The minimum atomic E-state index is -3.50. The van der Waals surface area contributed by atoms with Crippen LogP contribution in [0.15, 0.2) is 83.1 Å². The summed E-state index contributed by atoms with van der Waals surface area (Å²) in [6.45, 7) is 20.0. The van der Waals surface area contributed by atoms with E-state index < -0.39 is 51.3 Å². The first kappa shape index (κ1) is 94.9. The number of amides is 4. The molecule has 0 unspecified atom stereocenters. The van der Waals surface area contributed by atoms with Crippen LogP contribution in [0, 0.1) is 17.8 Å². The molecule has 5 N–H and O–H groups in total. The number of carbonyl (C=O) groups excluding carboxylic acids is 7. The number of ketones is 1. The smallest absolute Gasteiger partial charge is 0.457 e. The van der Waals surface area contributed by atoms with Gasteiger partial charge in [0.2, 0.25) is 39.3 Å². The molecule has 6 aromatic rings. The van der Waals surface area contributed by atoms with Crippen molar-refractivity contribution in [1.82, 2.24) is 60.1 Å². The number of carbonyl (C=O) groups is 7. The Hall–Kier alpha value is -9.27. The number of hydrogen-bond acceptors (Lipinski definition) is 29. The summed E-state index contributed by atoms with van der Waals surface area (Å²) in [6.07, 6.45) is 9.06. The van der Waals surface area contributed by atoms with Crippen LogP contribution in [0.5, 0.6) is 0 Å². The largest absolute Gasteiger partial charge is 0.510 e. The molecule has 35 nitrogen and oxygen atoms in total. The fourth-order valence-corrected chi connectivity index (χ4v) is 13.7. The second kappa shape index (κ2) is 50.5. The maximum absolute atomic E-state index is 14.3. The number of Topliss-reactive ketones (excluding diaryl/α,β-unsaturated/α-hetero) is 1. The second-order valence-corrected chi connectivity index (χ2v) is 30.3. The van der Waals surface area contributed by atoms with Gasteiger partial charge in [-0.15, -0.1) is 5.10 Å². The number of nitrogens with zero attached hydrogens (tertiary/aromatic N) is 8. The first-order chi connectivity index (χ1) is 56.3. The highest BCUT2D eigenvalue weighted by atomic mass is 32.2. The molecule has 0 fully saturated rings. The maximum Gasteiger partial charge on any atom is 0.510 e. The average Bonchev–Trinajstić information content (AvgIpc) is 1.62. The average molecular weight is 1670 g/mol. The summed E-state index contributed by atoms with van der Waals surface area (Å²) in [7, 11) is -1.82. The molecule has 37 heteroatoms. The van der Waals surface area contributed by atoms with Crippen LogP contribution in [0.25, 0.3) is 22.3 Å². The van der Waals surface area contributed by atoms with Gasteiger partial charge in [-0.3, -0.25) is 28.8 Å². The zero-order valence-electron chi connectivity index (χ0n) is 68.3. The molecule has 2 aliphatic rings. The van der Waals surface area contributed by atoms with Gasteiger partial charge in [0.1, 0.15) is 38.2 Å². The highest BCUT2D eigenvalue weighted by Gasteiger charge is 2.51. The Kier molecular flexibility index (Phi) is 40.9. The van der Waals surface area contributed by atoms with E-state index in [9.17, 15) is 46.8 Å². The number of esters is 1. The second-order valence-electron chi connectivity index (χ2n) is 27.6. The molecule has 0 spiro atoms. The van der Waals surface area contributed by atoms with Crippen molar-refractivity contribution < 1.29 is 98.8 Å². The standard InChI is InChI=1S/C43H52N6O10S.C37H59N7O12S/c1-9-43(59-42(54)58-22-27-14-16-28(17-15-27)46-38(50)26(6)45-39(51)36(44-7)24(2)3)33-20-35-37-31(21-48(35)40(52)32(33)23-57-41(43)53)29(30-12-10-11-13-34(30)47-37)18-19-49(25(4)5)60(8,55)56;1-32(45)30-56-31-36(47)38-8-10-48-12-14-50-16-18-52-20-22-54-24-25-55-23-21-53-19-17-51-15-13-49-11-9-44-29-34(42-43-44)28-39-35(46)7-5-3-4-6-33-26-40-37(57-2)41-27-33/h10-17,20,24-26,36,44H,9,18-19,21-23H2,1-8H3,(H,45,51)(H,46,50);26-27,29H,3,5,7-25,28,30-31H2,1-2H3,(H,38,47)(H,39,46)/t26-,36-,43-;/m0./s1. The predicted molar refractivity (Wildman–Crippen MR) is 432 cm³/mol. The number of anilines is 1. The third kappa shape index (κ3) is 31.5. The first-order valence-electron chi connectivity index (χ1n) is 38.9. The number of thioether (sulfide) groups is 1. The highest BCUT2D eigenvalue weighted by Crippen LogP contribution is 2.42. The van der Waals surface area contributed by atoms with Gasteiger partial charge in [-0.1, -0.05) is 79.9 Å². The van der Waals surface area contributed by atoms with Crippen LogP contribution in [0.3, 0.4) is 0 Å². The van der Waals surface area contributed by atoms with E-state index in [-0.39, 0.29) is 92.5 Å². The molecule has 4 aromatic heterocycles. The topological polar surface area (TPSA) is 419 Å². The molecule has 4 amide bonds. The van der Waals surface area contributed by atoms with E-state index in [1.165, 1.54) is 29.2 Å². The van der Waals surface area contributed by atoms with Crippen molar-refractivity contribution in [3.8, 4) is 23.2 Å². The summed E-state index contributed by atoms with van der Waals surface area (Å²) in [5, 5.41) is 23.6. The number of unbranched alkanes of at least 4 members (excludes halogenated alkanes) is 1. The normalized spacial score (nSPS) is 14.0. The molecule has 0 saturated carbocycles. The number of sulfonamides is 1. The van der Waals surface area contributed by atoms with Gasteiger partial charge >= 0.3 is 12.1 Å². The van der Waals surface area contributed by atoms with Crippen molar-refractivity contribution in [1.29, 1.82) is 0 Å². The van der Waals surface area contributed by atoms with Crippen molar-refractivity contribution in [3.63, 3.8) is 0 Å². The number of cyclic esters (lactones) is 1. The summed E-state index contributed by atoms with van der Waals surface area (Å²) in [6, 6.07) is 14.1. The van der Waals surface area contributed by atoms with Gasteiger partial charge in [0.15, 0.2) is 10.9 Å². The summed E-state index contributed by atoms with van der Waals surface area (Å²) in [4.78, 5) is 114. The Morgan fingerprint density at radius 1 is 0.752 bits per heavy atom. The molecule has 2 aromatic carbocycles. The van der Waals surface area contributed by atoms with Gasteiger partial charge in [0.25, 0.3) is 5.56 Å². The van der Waals surface area contributed by atoms with Gasteiger partial charge in [0, 0.05) is 66.6 Å². The molecule has 0 aliphatic carbocycles.